The molecular formula is C38H60O11. The number of Topliss-reactive ketones (excluding diaryl/α,β-unsaturated/α-hetero) is 1. The molecule has 2 aromatic carbocycles. The molecule has 0 unspecified atom stereocenters. The average Bonchev–Trinajstić information content (AvgIpc) is 3.13. The Kier molecular flexibility index (Phi) is 18.5. The van der Waals surface area contributed by atoms with Crippen LogP contribution in [-0.2, 0) is 4.79 Å². The van der Waals surface area contributed by atoms with E-state index in [0.717, 1.165) is 19.3 Å². The second-order valence-electron chi connectivity index (χ2n) is 11.7. The highest BCUT2D eigenvalue weighted by molar-refractivity contribution is 5.95. The second kappa shape index (κ2) is 22.0. The molecule has 11 nitrogen and oxygen atoms in total. The number of ketones is 1. The molecule has 0 spiro atoms. The summed E-state index contributed by atoms with van der Waals surface area (Å²) in [6.45, 7) is 2.25. The molecule has 0 saturated heterocycles. The van der Waals surface area contributed by atoms with Crippen molar-refractivity contribution >= 4 is 5.78 Å². The zero-order valence-corrected chi connectivity index (χ0v) is 31.8. The molecule has 0 aliphatic rings. The molecule has 0 aromatic heterocycles. The van der Waals surface area contributed by atoms with Gasteiger partial charge in [0.1, 0.15) is 5.78 Å². The minimum absolute atomic E-state index is 0.135. The molecule has 2 aromatic rings. The van der Waals surface area contributed by atoms with Crippen LogP contribution in [-0.4, -0.2) is 76.9 Å². The lowest BCUT2D eigenvalue weighted by Crippen LogP contribution is -2.20. The first-order valence-corrected chi connectivity index (χ1v) is 17.3. The fraction of sp³-hybridized carbons (Fsp3) is 0.658. The molecule has 0 amide bonds. The topological polar surface area (TPSA) is 109 Å². The fourth-order valence-corrected chi connectivity index (χ4v) is 6.51. The Morgan fingerprint density at radius 1 is 0.367 bits per heavy atom. The first-order chi connectivity index (χ1) is 23.8. The van der Waals surface area contributed by atoms with Crippen LogP contribution >= 0.6 is 0 Å². The van der Waals surface area contributed by atoms with Gasteiger partial charge in [-0.2, -0.15) is 0 Å². The second-order valence-corrected chi connectivity index (χ2v) is 11.7. The number of unbranched alkanes of at least 4 members (excludes halogenated alkanes) is 11. The summed E-state index contributed by atoms with van der Waals surface area (Å²) in [6.07, 6.45) is 14.4. The minimum Gasteiger partial charge on any atom is -0.492 e. The van der Waals surface area contributed by atoms with Gasteiger partial charge in [-0.3, -0.25) is 4.79 Å². The molecule has 0 aliphatic carbocycles. The van der Waals surface area contributed by atoms with Crippen molar-refractivity contribution in [2.75, 3.05) is 71.1 Å². The van der Waals surface area contributed by atoms with E-state index in [4.69, 9.17) is 47.4 Å². The Balaban J connectivity index is 2.68. The first-order valence-electron chi connectivity index (χ1n) is 17.3. The van der Waals surface area contributed by atoms with Crippen molar-refractivity contribution in [2.24, 2.45) is 0 Å². The molecule has 0 heterocycles. The molecule has 0 saturated carbocycles. The monoisotopic (exact) mass is 692 g/mol. The number of hydrogen-bond acceptors (Lipinski definition) is 11. The molecule has 0 bridgehead atoms. The molecule has 0 N–H and O–H groups in total. The van der Waals surface area contributed by atoms with Gasteiger partial charge in [0.05, 0.1) is 88.1 Å². The normalized spacial score (nSPS) is 10.9. The van der Waals surface area contributed by atoms with Crippen LogP contribution in [0.25, 0.3) is 0 Å². The van der Waals surface area contributed by atoms with E-state index in [1.54, 1.807) is 0 Å². The number of methoxy groups -OCH3 is 10. The third kappa shape index (κ3) is 9.63. The summed E-state index contributed by atoms with van der Waals surface area (Å²) in [4.78, 5) is 14.8. The van der Waals surface area contributed by atoms with E-state index >= 15 is 0 Å². The predicted molar refractivity (Wildman–Crippen MR) is 191 cm³/mol. The van der Waals surface area contributed by atoms with Gasteiger partial charge in [-0.05, 0) is 6.42 Å². The van der Waals surface area contributed by atoms with Gasteiger partial charge in [0, 0.05) is 6.42 Å². The van der Waals surface area contributed by atoms with E-state index in [0.29, 0.717) is 17.5 Å². The molecule has 0 atom stereocenters. The third-order valence-electron chi connectivity index (χ3n) is 8.85. The maximum atomic E-state index is 14.8. The Bertz CT molecular complexity index is 1160. The maximum Gasteiger partial charge on any atom is 0.211 e. The van der Waals surface area contributed by atoms with Crippen molar-refractivity contribution in [3.63, 3.8) is 0 Å². The lowest BCUT2D eigenvalue weighted by atomic mass is 9.82. The predicted octanol–water partition coefficient (Wildman–Crippen LogP) is 8.56. The Hall–Kier alpha value is -3.89. The molecule has 0 aliphatic heterocycles. The van der Waals surface area contributed by atoms with Crippen LogP contribution in [0.3, 0.4) is 0 Å². The molecule has 49 heavy (non-hydrogen) atoms. The molecule has 278 valence electrons. The summed E-state index contributed by atoms with van der Waals surface area (Å²) in [5.41, 5.74) is 0.684. The van der Waals surface area contributed by atoms with Crippen molar-refractivity contribution in [3.05, 3.63) is 11.1 Å². The Morgan fingerprint density at radius 3 is 0.837 bits per heavy atom. The first kappa shape index (κ1) is 41.3. The van der Waals surface area contributed by atoms with Gasteiger partial charge >= 0.3 is 0 Å². The van der Waals surface area contributed by atoms with Gasteiger partial charge in [-0.25, -0.2) is 0 Å². The quantitative estimate of drug-likeness (QED) is 0.0885. The van der Waals surface area contributed by atoms with Crippen LogP contribution in [0.2, 0.25) is 0 Å². The van der Waals surface area contributed by atoms with E-state index in [1.165, 1.54) is 122 Å². The van der Waals surface area contributed by atoms with E-state index in [9.17, 15) is 4.79 Å². The van der Waals surface area contributed by atoms with Crippen molar-refractivity contribution in [2.45, 2.75) is 96.3 Å². The molecular weight excluding hydrogens is 632 g/mol. The highest BCUT2D eigenvalue weighted by Gasteiger charge is 2.42. The third-order valence-corrected chi connectivity index (χ3v) is 8.85. The van der Waals surface area contributed by atoms with Crippen molar-refractivity contribution in [1.82, 2.24) is 0 Å². The number of rotatable bonds is 26. The van der Waals surface area contributed by atoms with Crippen LogP contribution in [0.15, 0.2) is 0 Å². The lowest BCUT2D eigenvalue weighted by molar-refractivity contribution is -0.119. The minimum atomic E-state index is -1.08. The highest BCUT2D eigenvalue weighted by atomic mass is 16.6. The number of carbonyl (C=O) groups excluding carboxylic acids is 1. The van der Waals surface area contributed by atoms with Gasteiger partial charge < -0.3 is 47.4 Å². The van der Waals surface area contributed by atoms with Crippen molar-refractivity contribution in [3.8, 4) is 57.5 Å². The number of ether oxygens (including phenoxy) is 10. The summed E-state index contributed by atoms with van der Waals surface area (Å²) >= 11 is 0. The zero-order valence-electron chi connectivity index (χ0n) is 31.8. The van der Waals surface area contributed by atoms with E-state index in [-0.39, 0.29) is 69.7 Å². The summed E-state index contributed by atoms with van der Waals surface area (Å²) in [5, 5.41) is 0. The Labute approximate surface area is 293 Å². The van der Waals surface area contributed by atoms with Crippen molar-refractivity contribution in [1.29, 1.82) is 0 Å². The number of carbonyl (C=O) groups is 1. The average molecular weight is 693 g/mol. The van der Waals surface area contributed by atoms with Gasteiger partial charge in [0.25, 0.3) is 0 Å². The fourth-order valence-electron chi connectivity index (χ4n) is 6.51. The number of hydrogen-bond donors (Lipinski definition) is 0. The smallest absolute Gasteiger partial charge is 0.211 e. The maximum absolute atomic E-state index is 14.8. The summed E-state index contributed by atoms with van der Waals surface area (Å²) < 4.78 is 58.4. The molecule has 11 heteroatoms. The highest BCUT2D eigenvalue weighted by Crippen LogP contribution is 2.61. The van der Waals surface area contributed by atoms with Crippen LogP contribution in [0.4, 0.5) is 0 Å². The van der Waals surface area contributed by atoms with Gasteiger partial charge in [-0.15, -0.1) is 0 Å². The zero-order chi connectivity index (χ0) is 36.3. The molecule has 0 radical (unpaired) electrons. The van der Waals surface area contributed by atoms with Crippen LogP contribution in [0.5, 0.6) is 57.5 Å². The Morgan fingerprint density at radius 2 is 0.592 bits per heavy atom. The van der Waals surface area contributed by atoms with Crippen LogP contribution in [0, 0.1) is 0 Å². The van der Waals surface area contributed by atoms with Crippen molar-refractivity contribution < 1.29 is 52.2 Å². The molecule has 0 fully saturated rings. The number of benzene rings is 2. The standard InChI is InChI=1S/C38H60O11/c1-12-13-14-15-16-17-18-19-20-21-22-23-24-25(39)26(27-29(40-2)33(44-6)37(48-10)34(45-7)30(27)41-3)28-31(42-4)35(46-8)38(49-11)36(47-9)32(28)43-5/h26H,12-24H2,1-11H3. The lowest BCUT2D eigenvalue weighted by Gasteiger charge is -2.29. The van der Waals surface area contributed by atoms with E-state index in [2.05, 4.69) is 6.92 Å². The largest absolute Gasteiger partial charge is 0.492 e. The van der Waals surface area contributed by atoms with Crippen LogP contribution in [0.1, 0.15) is 107 Å². The summed E-state index contributed by atoms with van der Waals surface area (Å²) in [5.74, 6) is 1.09. The van der Waals surface area contributed by atoms with Gasteiger partial charge in [0.15, 0.2) is 23.0 Å². The van der Waals surface area contributed by atoms with Crippen LogP contribution < -0.4 is 47.4 Å². The summed E-state index contributed by atoms with van der Waals surface area (Å²) in [6, 6.07) is 0. The van der Waals surface area contributed by atoms with Gasteiger partial charge in [-0.1, -0.05) is 77.6 Å². The van der Waals surface area contributed by atoms with Gasteiger partial charge in [0.2, 0.25) is 34.5 Å². The van der Waals surface area contributed by atoms with E-state index < -0.39 is 5.92 Å². The SMILES string of the molecule is CCCCCCCCCCCCCCC(=O)C(c1c(OC)c(OC)c(OC)c(OC)c1OC)c1c(OC)c(OC)c(OC)c(OC)c1OC. The summed E-state index contributed by atoms with van der Waals surface area (Å²) in [7, 11) is 14.9. The van der Waals surface area contributed by atoms with E-state index in [1.807, 2.05) is 0 Å². The molecule has 2 rings (SSSR count).